The Kier molecular flexibility index (Phi) is 4.53. The summed E-state index contributed by atoms with van der Waals surface area (Å²) in [4.78, 5) is 12.7. The van der Waals surface area contributed by atoms with Crippen LogP contribution in [0.25, 0.3) is 11.1 Å². The van der Waals surface area contributed by atoms with Crippen molar-refractivity contribution in [3.8, 4) is 11.1 Å². The lowest BCUT2D eigenvalue weighted by Gasteiger charge is -2.21. The first-order chi connectivity index (χ1) is 9.58. The second kappa shape index (κ2) is 6.35. The molecule has 3 nitrogen and oxygen atoms in total. The van der Waals surface area contributed by atoms with Gasteiger partial charge >= 0.3 is 5.97 Å². The molecular weight excluding hydrogens is 250 g/mol. The van der Waals surface area contributed by atoms with Gasteiger partial charge < -0.3 is 5.11 Å². The highest BCUT2D eigenvalue weighted by molar-refractivity contribution is 5.72. The molecule has 0 aliphatic heterocycles. The van der Waals surface area contributed by atoms with Crippen molar-refractivity contribution in [3.63, 3.8) is 0 Å². The summed E-state index contributed by atoms with van der Waals surface area (Å²) in [6.07, 6.45) is 0. The van der Waals surface area contributed by atoms with Crippen molar-refractivity contribution < 1.29 is 9.90 Å². The maximum absolute atomic E-state index is 10.9. The van der Waals surface area contributed by atoms with Crippen molar-refractivity contribution in [2.45, 2.75) is 19.5 Å². The van der Waals surface area contributed by atoms with Crippen LogP contribution in [0.4, 0.5) is 0 Å². The van der Waals surface area contributed by atoms with Crippen LogP contribution in [0.15, 0.2) is 54.6 Å². The molecule has 2 aromatic rings. The predicted molar refractivity (Wildman–Crippen MR) is 80.4 cm³/mol. The Morgan fingerprint density at radius 3 is 2.15 bits per heavy atom. The number of nitrogens with zero attached hydrogens (tertiary/aromatic N) is 1. The molecule has 0 aliphatic carbocycles. The van der Waals surface area contributed by atoms with E-state index in [0.717, 1.165) is 5.56 Å². The Hall–Kier alpha value is -2.13. The summed E-state index contributed by atoms with van der Waals surface area (Å²) in [6.45, 7) is 2.32. The van der Waals surface area contributed by atoms with E-state index in [0.29, 0.717) is 6.54 Å². The number of hydrogen-bond acceptors (Lipinski definition) is 2. The van der Waals surface area contributed by atoms with Gasteiger partial charge in [-0.15, -0.1) is 0 Å². The van der Waals surface area contributed by atoms with E-state index >= 15 is 0 Å². The number of aliphatic carboxylic acids is 1. The molecule has 0 spiro atoms. The number of likely N-dealkylation sites (N-methyl/N-ethyl adjacent to an activating group) is 1. The van der Waals surface area contributed by atoms with E-state index in [9.17, 15) is 4.79 Å². The fourth-order valence-corrected chi connectivity index (χ4v) is 2.05. The second-order valence-corrected chi connectivity index (χ2v) is 4.99. The number of carbonyl (C=O) groups is 1. The van der Waals surface area contributed by atoms with Gasteiger partial charge in [0.15, 0.2) is 0 Å². The molecule has 3 heteroatoms. The molecule has 0 bridgehead atoms. The molecule has 0 saturated heterocycles. The molecule has 0 fully saturated rings. The van der Waals surface area contributed by atoms with E-state index in [-0.39, 0.29) is 0 Å². The van der Waals surface area contributed by atoms with Crippen LogP contribution in [0.1, 0.15) is 12.5 Å². The lowest BCUT2D eigenvalue weighted by Crippen LogP contribution is -2.35. The summed E-state index contributed by atoms with van der Waals surface area (Å²) >= 11 is 0. The normalized spacial score (nSPS) is 12.3. The molecule has 1 N–H and O–H groups in total. The minimum absolute atomic E-state index is 0.483. The Morgan fingerprint density at radius 2 is 1.60 bits per heavy atom. The first-order valence-corrected chi connectivity index (χ1v) is 6.65. The molecule has 0 aliphatic rings. The van der Waals surface area contributed by atoms with Gasteiger partial charge in [-0.25, -0.2) is 0 Å². The van der Waals surface area contributed by atoms with Crippen LogP contribution in [-0.4, -0.2) is 29.1 Å². The smallest absolute Gasteiger partial charge is 0.320 e. The highest BCUT2D eigenvalue weighted by atomic mass is 16.4. The molecule has 0 unspecified atom stereocenters. The van der Waals surface area contributed by atoms with Crippen molar-refractivity contribution >= 4 is 5.97 Å². The first-order valence-electron chi connectivity index (χ1n) is 6.65. The average Bonchev–Trinajstić information content (AvgIpc) is 2.48. The minimum Gasteiger partial charge on any atom is -0.480 e. The van der Waals surface area contributed by atoms with Crippen molar-refractivity contribution in [2.24, 2.45) is 0 Å². The molecule has 2 aromatic carbocycles. The number of carboxylic acids is 1. The summed E-state index contributed by atoms with van der Waals surface area (Å²) in [6, 6.07) is 18.0. The fourth-order valence-electron chi connectivity index (χ4n) is 2.05. The highest BCUT2D eigenvalue weighted by Gasteiger charge is 2.16. The third-order valence-electron chi connectivity index (χ3n) is 3.51. The molecule has 0 amide bonds. The number of hydrogen-bond donors (Lipinski definition) is 1. The Morgan fingerprint density at radius 1 is 1.05 bits per heavy atom. The zero-order chi connectivity index (χ0) is 14.5. The van der Waals surface area contributed by atoms with Crippen LogP contribution >= 0.6 is 0 Å². The van der Waals surface area contributed by atoms with Gasteiger partial charge in [-0.1, -0.05) is 54.6 Å². The monoisotopic (exact) mass is 269 g/mol. The number of benzene rings is 2. The van der Waals surface area contributed by atoms with E-state index in [1.54, 1.807) is 6.92 Å². The van der Waals surface area contributed by atoms with Gasteiger partial charge in [0.25, 0.3) is 0 Å². The van der Waals surface area contributed by atoms with Crippen LogP contribution in [0.3, 0.4) is 0 Å². The van der Waals surface area contributed by atoms with E-state index in [4.69, 9.17) is 5.11 Å². The minimum atomic E-state index is -0.798. The van der Waals surface area contributed by atoms with Crippen molar-refractivity contribution in [3.05, 3.63) is 60.2 Å². The Bertz CT molecular complexity index is 563. The summed E-state index contributed by atoms with van der Waals surface area (Å²) in [5.74, 6) is -0.798. The largest absolute Gasteiger partial charge is 0.480 e. The third-order valence-corrected chi connectivity index (χ3v) is 3.51. The Balaban J connectivity index is 2.07. The Labute approximate surface area is 119 Å². The second-order valence-electron chi connectivity index (χ2n) is 4.99. The topological polar surface area (TPSA) is 40.5 Å². The van der Waals surface area contributed by atoms with E-state index in [1.165, 1.54) is 11.1 Å². The molecule has 0 radical (unpaired) electrons. The molecule has 0 saturated carbocycles. The van der Waals surface area contributed by atoms with Crippen LogP contribution in [0.2, 0.25) is 0 Å². The lowest BCUT2D eigenvalue weighted by atomic mass is 10.0. The zero-order valence-corrected chi connectivity index (χ0v) is 11.8. The predicted octanol–water partition coefficient (Wildman–Crippen LogP) is 3.26. The molecular formula is C17H19NO2. The van der Waals surface area contributed by atoms with E-state index in [2.05, 4.69) is 24.3 Å². The van der Waals surface area contributed by atoms with Crippen LogP contribution in [-0.2, 0) is 11.3 Å². The van der Waals surface area contributed by atoms with Crippen LogP contribution < -0.4 is 0 Å². The standard InChI is InChI=1S/C17H19NO2/c1-13(17(19)20)18(2)12-14-8-10-16(11-9-14)15-6-4-3-5-7-15/h3-11,13H,12H2,1-2H3,(H,19,20)/t13-/m1/s1. The third kappa shape index (κ3) is 3.45. The molecule has 104 valence electrons. The summed E-state index contributed by atoms with van der Waals surface area (Å²) in [7, 11) is 1.82. The number of carboxylic acid groups (broad SMARTS) is 1. The van der Waals surface area contributed by atoms with Crippen molar-refractivity contribution in [2.75, 3.05) is 7.05 Å². The molecule has 0 aromatic heterocycles. The molecule has 2 rings (SSSR count). The molecule has 1 atom stereocenters. The van der Waals surface area contributed by atoms with E-state index in [1.807, 2.05) is 42.3 Å². The van der Waals surface area contributed by atoms with Gasteiger partial charge in [0.2, 0.25) is 0 Å². The fraction of sp³-hybridized carbons (Fsp3) is 0.235. The van der Waals surface area contributed by atoms with Gasteiger partial charge in [-0.2, -0.15) is 0 Å². The van der Waals surface area contributed by atoms with Gasteiger partial charge in [-0.3, -0.25) is 9.69 Å². The summed E-state index contributed by atoms with van der Waals surface area (Å²) in [5.41, 5.74) is 3.47. The van der Waals surface area contributed by atoms with Gasteiger partial charge in [0.05, 0.1) is 0 Å². The van der Waals surface area contributed by atoms with Crippen molar-refractivity contribution in [1.29, 1.82) is 0 Å². The maximum Gasteiger partial charge on any atom is 0.320 e. The molecule has 0 heterocycles. The van der Waals surface area contributed by atoms with E-state index < -0.39 is 12.0 Å². The first kappa shape index (κ1) is 14.3. The summed E-state index contributed by atoms with van der Waals surface area (Å²) < 4.78 is 0. The maximum atomic E-state index is 10.9. The molecule has 20 heavy (non-hydrogen) atoms. The highest BCUT2D eigenvalue weighted by Crippen LogP contribution is 2.19. The van der Waals surface area contributed by atoms with Crippen LogP contribution in [0, 0.1) is 0 Å². The average molecular weight is 269 g/mol. The number of rotatable bonds is 5. The quantitative estimate of drug-likeness (QED) is 0.905. The van der Waals surface area contributed by atoms with Gasteiger partial charge in [-0.05, 0) is 30.7 Å². The lowest BCUT2D eigenvalue weighted by molar-refractivity contribution is -0.142. The van der Waals surface area contributed by atoms with Gasteiger partial charge in [0.1, 0.15) is 6.04 Å². The van der Waals surface area contributed by atoms with Crippen LogP contribution in [0.5, 0.6) is 0 Å². The zero-order valence-electron chi connectivity index (χ0n) is 11.8. The van der Waals surface area contributed by atoms with Crippen molar-refractivity contribution in [1.82, 2.24) is 4.90 Å². The summed E-state index contributed by atoms with van der Waals surface area (Å²) in [5, 5.41) is 8.98. The SMILES string of the molecule is C[C@H](C(=O)O)N(C)Cc1ccc(-c2ccccc2)cc1. The van der Waals surface area contributed by atoms with Gasteiger partial charge in [0, 0.05) is 6.54 Å².